The molecule has 0 saturated heterocycles. The van der Waals surface area contributed by atoms with E-state index in [-0.39, 0.29) is 11.9 Å². The van der Waals surface area contributed by atoms with E-state index in [0.29, 0.717) is 5.92 Å². The van der Waals surface area contributed by atoms with Crippen LogP contribution in [0.15, 0.2) is 48.5 Å². The van der Waals surface area contributed by atoms with Gasteiger partial charge in [0.05, 0.1) is 0 Å². The second-order valence-corrected chi connectivity index (χ2v) is 6.03. The first kappa shape index (κ1) is 12.6. The fourth-order valence-corrected chi connectivity index (χ4v) is 3.75. The van der Waals surface area contributed by atoms with E-state index in [1.54, 1.807) is 0 Å². The quantitative estimate of drug-likeness (QED) is 0.871. The number of benzene rings is 2. The first-order chi connectivity index (χ1) is 10.2. The maximum absolute atomic E-state index is 12.8. The van der Waals surface area contributed by atoms with Gasteiger partial charge in [-0.3, -0.25) is 4.79 Å². The lowest BCUT2D eigenvalue weighted by Crippen LogP contribution is -2.33. The smallest absolute Gasteiger partial charge is 0.258 e. The predicted octanol–water partition coefficient (Wildman–Crippen LogP) is 2.70. The van der Waals surface area contributed by atoms with Gasteiger partial charge in [-0.15, -0.1) is 0 Å². The summed E-state index contributed by atoms with van der Waals surface area (Å²) >= 11 is 0. The largest absolute Gasteiger partial charge is 0.327 e. The van der Waals surface area contributed by atoms with E-state index in [1.165, 1.54) is 11.1 Å². The summed E-state index contributed by atoms with van der Waals surface area (Å²) in [6.07, 6.45) is 1.90. The molecule has 2 aliphatic rings. The summed E-state index contributed by atoms with van der Waals surface area (Å²) in [6.45, 7) is 0.758. The van der Waals surface area contributed by atoms with Crippen LogP contribution in [0.5, 0.6) is 0 Å². The van der Waals surface area contributed by atoms with Crippen molar-refractivity contribution in [2.75, 3.05) is 11.4 Å². The minimum Gasteiger partial charge on any atom is -0.327 e. The monoisotopic (exact) mass is 278 g/mol. The van der Waals surface area contributed by atoms with Crippen molar-refractivity contribution in [3.8, 4) is 0 Å². The lowest BCUT2D eigenvalue weighted by atomic mass is 9.82. The summed E-state index contributed by atoms with van der Waals surface area (Å²) in [5.74, 6) is 0.486. The van der Waals surface area contributed by atoms with Crippen molar-refractivity contribution in [1.82, 2.24) is 0 Å². The summed E-state index contributed by atoms with van der Waals surface area (Å²) in [5.41, 5.74) is 10.7. The summed E-state index contributed by atoms with van der Waals surface area (Å²) in [7, 11) is 0. The van der Waals surface area contributed by atoms with Gasteiger partial charge in [-0.25, -0.2) is 0 Å². The van der Waals surface area contributed by atoms with Crippen molar-refractivity contribution < 1.29 is 4.79 Å². The van der Waals surface area contributed by atoms with Gasteiger partial charge in [-0.05, 0) is 42.2 Å². The van der Waals surface area contributed by atoms with Crippen LogP contribution in [0, 0.1) is 0 Å². The van der Waals surface area contributed by atoms with Crippen LogP contribution in [0.3, 0.4) is 0 Å². The molecule has 1 aliphatic carbocycles. The topological polar surface area (TPSA) is 46.3 Å². The standard InChI is InChI=1S/C18H18N2O/c19-15-9-13-7-4-8-16-17(13)14(10-15)11-20(16)18(21)12-5-2-1-3-6-12/h1-8,14-15H,9-11,19H2/t14-,15+/m0/s1. The molecule has 2 aromatic carbocycles. The second-order valence-electron chi connectivity index (χ2n) is 6.03. The highest BCUT2D eigenvalue weighted by atomic mass is 16.2. The van der Waals surface area contributed by atoms with Crippen molar-refractivity contribution in [2.24, 2.45) is 5.73 Å². The maximum atomic E-state index is 12.8. The molecule has 2 atom stereocenters. The number of nitrogens with zero attached hydrogens (tertiary/aromatic N) is 1. The Labute approximate surface area is 124 Å². The van der Waals surface area contributed by atoms with Crippen molar-refractivity contribution in [1.29, 1.82) is 0 Å². The molecule has 0 spiro atoms. The van der Waals surface area contributed by atoms with Gasteiger partial charge < -0.3 is 10.6 Å². The van der Waals surface area contributed by atoms with E-state index in [9.17, 15) is 4.79 Å². The van der Waals surface area contributed by atoms with Gasteiger partial charge in [0.2, 0.25) is 0 Å². The zero-order valence-electron chi connectivity index (χ0n) is 11.8. The number of nitrogens with two attached hydrogens (primary N) is 1. The van der Waals surface area contributed by atoms with Gasteiger partial charge in [0.15, 0.2) is 0 Å². The molecule has 106 valence electrons. The van der Waals surface area contributed by atoms with Crippen LogP contribution in [0.4, 0.5) is 5.69 Å². The molecule has 21 heavy (non-hydrogen) atoms. The number of hydrogen-bond donors (Lipinski definition) is 1. The van der Waals surface area contributed by atoms with Crippen LogP contribution in [0.2, 0.25) is 0 Å². The Morgan fingerprint density at radius 3 is 2.71 bits per heavy atom. The molecule has 0 saturated carbocycles. The lowest BCUT2D eigenvalue weighted by Gasteiger charge is -2.25. The van der Waals surface area contributed by atoms with E-state index in [1.807, 2.05) is 41.3 Å². The SMILES string of the molecule is N[C@@H]1Cc2cccc3c2[C@@H](C1)CN3C(=O)c1ccccc1. The highest BCUT2D eigenvalue weighted by Crippen LogP contribution is 2.44. The molecule has 4 rings (SSSR count). The Balaban J connectivity index is 1.76. The normalized spacial score (nSPS) is 23.0. The molecule has 0 radical (unpaired) electrons. The number of carbonyl (C=O) groups excluding carboxylic acids is 1. The highest BCUT2D eigenvalue weighted by Gasteiger charge is 2.37. The Bertz CT molecular complexity index is 696. The first-order valence-electron chi connectivity index (χ1n) is 7.48. The van der Waals surface area contributed by atoms with Crippen LogP contribution in [0.25, 0.3) is 0 Å². The highest BCUT2D eigenvalue weighted by molar-refractivity contribution is 6.07. The fraction of sp³-hybridized carbons (Fsp3) is 0.278. The van der Waals surface area contributed by atoms with Gasteiger partial charge in [0, 0.05) is 29.8 Å². The van der Waals surface area contributed by atoms with Crippen LogP contribution < -0.4 is 10.6 Å². The molecule has 1 heterocycles. The van der Waals surface area contributed by atoms with E-state index in [2.05, 4.69) is 12.1 Å². The minimum absolute atomic E-state index is 0.0898. The van der Waals surface area contributed by atoms with Gasteiger partial charge in [-0.1, -0.05) is 30.3 Å². The average Bonchev–Trinajstić information content (AvgIpc) is 2.87. The van der Waals surface area contributed by atoms with Crippen molar-refractivity contribution >= 4 is 11.6 Å². The molecule has 0 bridgehead atoms. The number of hydrogen-bond acceptors (Lipinski definition) is 2. The molecule has 3 nitrogen and oxygen atoms in total. The van der Waals surface area contributed by atoms with E-state index in [4.69, 9.17) is 5.73 Å². The summed E-state index contributed by atoms with van der Waals surface area (Å²) < 4.78 is 0. The van der Waals surface area contributed by atoms with E-state index >= 15 is 0 Å². The number of carbonyl (C=O) groups is 1. The van der Waals surface area contributed by atoms with Crippen molar-refractivity contribution in [2.45, 2.75) is 24.8 Å². The van der Waals surface area contributed by atoms with Crippen LogP contribution in [-0.2, 0) is 6.42 Å². The van der Waals surface area contributed by atoms with Gasteiger partial charge >= 0.3 is 0 Å². The fourth-order valence-electron chi connectivity index (χ4n) is 3.75. The third kappa shape index (κ3) is 1.96. The first-order valence-corrected chi connectivity index (χ1v) is 7.48. The Morgan fingerprint density at radius 2 is 1.90 bits per heavy atom. The number of rotatable bonds is 1. The molecule has 0 aromatic heterocycles. The van der Waals surface area contributed by atoms with Crippen molar-refractivity contribution in [3.63, 3.8) is 0 Å². The molecular weight excluding hydrogens is 260 g/mol. The maximum Gasteiger partial charge on any atom is 0.258 e. The molecular formula is C18H18N2O. The van der Waals surface area contributed by atoms with Crippen LogP contribution in [0.1, 0.15) is 33.8 Å². The second kappa shape index (κ2) is 4.71. The van der Waals surface area contributed by atoms with E-state index in [0.717, 1.165) is 30.6 Å². The minimum atomic E-state index is 0.0898. The average molecular weight is 278 g/mol. The molecule has 2 aromatic rings. The molecule has 0 unspecified atom stereocenters. The lowest BCUT2D eigenvalue weighted by molar-refractivity contribution is 0.0988. The summed E-state index contributed by atoms with van der Waals surface area (Å²) in [5, 5.41) is 0. The Kier molecular flexibility index (Phi) is 2.82. The predicted molar refractivity (Wildman–Crippen MR) is 83.6 cm³/mol. The number of amides is 1. The van der Waals surface area contributed by atoms with Crippen LogP contribution in [-0.4, -0.2) is 18.5 Å². The molecule has 2 N–H and O–H groups in total. The van der Waals surface area contributed by atoms with Crippen molar-refractivity contribution in [3.05, 3.63) is 65.2 Å². The molecule has 1 amide bonds. The van der Waals surface area contributed by atoms with Gasteiger partial charge in [0.1, 0.15) is 0 Å². The van der Waals surface area contributed by atoms with E-state index < -0.39 is 0 Å². The Morgan fingerprint density at radius 1 is 1.10 bits per heavy atom. The summed E-state index contributed by atoms with van der Waals surface area (Å²) in [4.78, 5) is 14.7. The van der Waals surface area contributed by atoms with Crippen LogP contribution >= 0.6 is 0 Å². The number of anilines is 1. The zero-order chi connectivity index (χ0) is 14.4. The molecule has 3 heteroatoms. The summed E-state index contributed by atoms with van der Waals surface area (Å²) in [6, 6.07) is 16.0. The third-order valence-electron chi connectivity index (χ3n) is 4.61. The zero-order valence-corrected chi connectivity index (χ0v) is 11.8. The third-order valence-corrected chi connectivity index (χ3v) is 4.61. The molecule has 0 fully saturated rings. The van der Waals surface area contributed by atoms with Gasteiger partial charge in [0.25, 0.3) is 5.91 Å². The van der Waals surface area contributed by atoms with Gasteiger partial charge in [-0.2, -0.15) is 0 Å². The Hall–Kier alpha value is -2.13. The molecule has 1 aliphatic heterocycles.